The fourth-order valence-corrected chi connectivity index (χ4v) is 3.13. The number of aromatic amines is 1. The van der Waals surface area contributed by atoms with Gasteiger partial charge in [0, 0.05) is 25.7 Å². The number of imidazole rings is 1. The van der Waals surface area contributed by atoms with Gasteiger partial charge in [-0.3, -0.25) is 24.5 Å². The number of hydrogen-bond donors (Lipinski definition) is 1. The zero-order chi connectivity index (χ0) is 22.0. The summed E-state index contributed by atoms with van der Waals surface area (Å²) in [6.07, 6.45) is 1.56. The number of carbonyl (C=O) groups excluding carboxylic acids is 1. The number of nitro groups is 1. The van der Waals surface area contributed by atoms with E-state index in [2.05, 4.69) is 9.97 Å². The molecule has 3 aromatic rings. The number of halogens is 1. The van der Waals surface area contributed by atoms with Gasteiger partial charge in [-0.2, -0.15) is 0 Å². The van der Waals surface area contributed by atoms with Crippen molar-refractivity contribution in [1.82, 2.24) is 19.1 Å². The minimum Gasteiger partial charge on any atom is -0.454 e. The van der Waals surface area contributed by atoms with Crippen LogP contribution in [0.2, 0.25) is 5.02 Å². The lowest BCUT2D eigenvalue weighted by Crippen LogP contribution is -2.31. The summed E-state index contributed by atoms with van der Waals surface area (Å²) >= 11 is 5.95. The molecule has 2 aromatic heterocycles. The molecule has 0 bridgehead atoms. The second-order valence-electron chi connectivity index (χ2n) is 6.52. The number of non-ortho nitro benzene ring substituents is 1. The zero-order valence-corrected chi connectivity index (χ0v) is 16.9. The van der Waals surface area contributed by atoms with Gasteiger partial charge in [-0.1, -0.05) is 24.9 Å². The van der Waals surface area contributed by atoms with Gasteiger partial charge < -0.3 is 9.30 Å². The first kappa shape index (κ1) is 21.2. The lowest BCUT2D eigenvalue weighted by Gasteiger charge is -2.06. The van der Waals surface area contributed by atoms with E-state index in [1.54, 1.807) is 7.05 Å². The van der Waals surface area contributed by atoms with Gasteiger partial charge in [0.1, 0.15) is 12.4 Å². The molecule has 0 aliphatic heterocycles. The fraction of sp³-hybridized carbons (Fsp3) is 0.333. The predicted molar refractivity (Wildman–Crippen MR) is 108 cm³/mol. The number of esters is 1. The number of benzene rings is 1. The topological polar surface area (TPSA) is 142 Å². The Morgan fingerprint density at radius 3 is 2.77 bits per heavy atom. The molecular weight excluding hydrogens is 418 g/mol. The van der Waals surface area contributed by atoms with E-state index < -0.39 is 22.1 Å². The summed E-state index contributed by atoms with van der Waals surface area (Å²) in [5, 5.41) is 10.9. The van der Waals surface area contributed by atoms with E-state index >= 15 is 0 Å². The number of nitrogens with one attached hydrogen (secondary N) is 1. The highest BCUT2D eigenvalue weighted by Gasteiger charge is 2.20. The second-order valence-corrected chi connectivity index (χ2v) is 6.93. The average molecular weight is 436 g/mol. The molecule has 2 heterocycles. The maximum Gasteiger partial charge on any atom is 0.340 e. The first-order valence-corrected chi connectivity index (χ1v) is 9.41. The van der Waals surface area contributed by atoms with Crippen molar-refractivity contribution in [2.75, 3.05) is 0 Å². The number of aryl methyl sites for hydroxylation is 2. The van der Waals surface area contributed by atoms with E-state index in [0.717, 1.165) is 12.5 Å². The minimum absolute atomic E-state index is 0.000417. The van der Waals surface area contributed by atoms with Gasteiger partial charge in [-0.25, -0.2) is 14.6 Å². The predicted octanol–water partition coefficient (Wildman–Crippen LogP) is 2.14. The van der Waals surface area contributed by atoms with Crippen LogP contribution in [0.1, 0.15) is 35.9 Å². The van der Waals surface area contributed by atoms with Crippen LogP contribution in [-0.4, -0.2) is 30.0 Å². The second kappa shape index (κ2) is 8.49. The van der Waals surface area contributed by atoms with Crippen LogP contribution in [0, 0.1) is 10.1 Å². The summed E-state index contributed by atoms with van der Waals surface area (Å²) in [6, 6.07) is 3.43. The summed E-state index contributed by atoms with van der Waals surface area (Å²) in [6.45, 7) is 2.02. The number of ether oxygens (including phenoxy) is 1. The molecule has 0 unspecified atom stereocenters. The summed E-state index contributed by atoms with van der Waals surface area (Å²) in [5.74, 6) is -0.658. The van der Waals surface area contributed by atoms with E-state index in [1.807, 2.05) is 6.92 Å². The molecule has 0 aliphatic carbocycles. The van der Waals surface area contributed by atoms with Gasteiger partial charge in [0.05, 0.1) is 15.5 Å². The smallest absolute Gasteiger partial charge is 0.340 e. The summed E-state index contributed by atoms with van der Waals surface area (Å²) < 4.78 is 8.00. The number of rotatable bonds is 7. The Labute approximate surface area is 174 Å². The van der Waals surface area contributed by atoms with E-state index in [4.69, 9.17) is 16.3 Å². The number of unbranched alkanes of at least 4 members (excludes halogenated alkanes) is 1. The Hall–Kier alpha value is -3.47. The van der Waals surface area contributed by atoms with Crippen molar-refractivity contribution in [3.05, 3.63) is 65.6 Å². The van der Waals surface area contributed by atoms with Gasteiger partial charge in [0.15, 0.2) is 11.2 Å². The first-order chi connectivity index (χ1) is 14.2. The quantitative estimate of drug-likeness (QED) is 0.340. The van der Waals surface area contributed by atoms with Crippen molar-refractivity contribution >= 4 is 34.4 Å². The molecule has 1 aromatic carbocycles. The van der Waals surface area contributed by atoms with Gasteiger partial charge in [0.25, 0.3) is 11.2 Å². The van der Waals surface area contributed by atoms with E-state index in [0.29, 0.717) is 13.0 Å². The van der Waals surface area contributed by atoms with Crippen molar-refractivity contribution in [3.63, 3.8) is 0 Å². The zero-order valence-electron chi connectivity index (χ0n) is 16.2. The molecule has 1 N–H and O–H groups in total. The molecule has 30 heavy (non-hydrogen) atoms. The minimum atomic E-state index is -0.881. The molecule has 11 nitrogen and oxygen atoms in total. The highest BCUT2D eigenvalue weighted by Crippen LogP contribution is 2.23. The summed E-state index contributed by atoms with van der Waals surface area (Å²) in [5.41, 5.74) is -1.27. The van der Waals surface area contributed by atoms with Gasteiger partial charge in [-0.15, -0.1) is 0 Å². The normalized spacial score (nSPS) is 11.0. The van der Waals surface area contributed by atoms with Gasteiger partial charge >= 0.3 is 11.7 Å². The number of carbonyl (C=O) groups is 1. The fourth-order valence-electron chi connectivity index (χ4n) is 2.94. The van der Waals surface area contributed by atoms with E-state index in [9.17, 15) is 24.5 Å². The van der Waals surface area contributed by atoms with Crippen molar-refractivity contribution < 1.29 is 14.5 Å². The van der Waals surface area contributed by atoms with Crippen molar-refractivity contribution in [2.45, 2.75) is 32.9 Å². The SMILES string of the molecule is CCCCn1c(=O)[nH]c(=O)c2c1nc(COC(=O)c1cc([N+](=O)[O-])ccc1Cl)n2C. The van der Waals surface area contributed by atoms with Crippen LogP contribution in [0.5, 0.6) is 0 Å². The Bertz CT molecular complexity index is 1260. The lowest BCUT2D eigenvalue weighted by atomic mass is 10.2. The molecule has 0 saturated carbocycles. The van der Waals surface area contributed by atoms with E-state index in [-0.39, 0.29) is 39.9 Å². The summed E-state index contributed by atoms with van der Waals surface area (Å²) in [4.78, 5) is 53.6. The third-order valence-electron chi connectivity index (χ3n) is 4.55. The van der Waals surface area contributed by atoms with Crippen LogP contribution in [0.4, 0.5) is 5.69 Å². The molecule has 0 spiro atoms. The molecule has 0 saturated heterocycles. The number of nitro benzene ring substituents is 1. The van der Waals surface area contributed by atoms with Crippen LogP contribution in [0.3, 0.4) is 0 Å². The molecular formula is C18H18ClN5O6. The van der Waals surface area contributed by atoms with Crippen LogP contribution >= 0.6 is 11.6 Å². The maximum absolute atomic E-state index is 12.4. The number of fused-ring (bicyclic) bond motifs is 1. The number of hydrogen-bond acceptors (Lipinski definition) is 7. The number of H-pyrrole nitrogens is 1. The van der Waals surface area contributed by atoms with Crippen LogP contribution in [-0.2, 0) is 24.9 Å². The molecule has 0 aliphatic rings. The van der Waals surface area contributed by atoms with Crippen LogP contribution < -0.4 is 11.2 Å². The lowest BCUT2D eigenvalue weighted by molar-refractivity contribution is -0.384. The molecule has 158 valence electrons. The summed E-state index contributed by atoms with van der Waals surface area (Å²) in [7, 11) is 1.56. The van der Waals surface area contributed by atoms with Crippen molar-refractivity contribution in [1.29, 1.82) is 0 Å². The average Bonchev–Trinajstić information content (AvgIpc) is 3.02. The van der Waals surface area contributed by atoms with Crippen LogP contribution in [0.15, 0.2) is 27.8 Å². The van der Waals surface area contributed by atoms with Crippen molar-refractivity contribution in [3.8, 4) is 0 Å². The molecule has 0 amide bonds. The monoisotopic (exact) mass is 435 g/mol. The molecule has 3 rings (SSSR count). The molecule has 12 heteroatoms. The number of aromatic nitrogens is 4. The molecule has 0 atom stereocenters. The third kappa shape index (κ3) is 3.96. The van der Waals surface area contributed by atoms with Crippen LogP contribution in [0.25, 0.3) is 11.2 Å². The Kier molecular flexibility index (Phi) is 6.01. The van der Waals surface area contributed by atoms with Crippen molar-refractivity contribution in [2.24, 2.45) is 7.05 Å². The molecule has 0 fully saturated rings. The largest absolute Gasteiger partial charge is 0.454 e. The Balaban J connectivity index is 1.93. The van der Waals surface area contributed by atoms with Gasteiger partial charge in [0.2, 0.25) is 0 Å². The highest BCUT2D eigenvalue weighted by atomic mass is 35.5. The highest BCUT2D eigenvalue weighted by molar-refractivity contribution is 6.33. The molecule has 0 radical (unpaired) electrons. The van der Waals surface area contributed by atoms with E-state index in [1.165, 1.54) is 21.3 Å². The maximum atomic E-state index is 12.4. The number of nitrogens with zero attached hydrogens (tertiary/aromatic N) is 4. The van der Waals surface area contributed by atoms with Gasteiger partial charge in [-0.05, 0) is 12.5 Å². The first-order valence-electron chi connectivity index (χ1n) is 9.04. The standard InChI is InChI=1S/C18H18ClN5O6/c1-3-4-7-23-15-14(16(25)21-18(23)27)22(2)13(20-15)9-30-17(26)11-8-10(24(28)29)5-6-12(11)19/h5-6,8H,3-4,7,9H2,1-2H3,(H,21,25,27). The Morgan fingerprint density at radius 2 is 2.10 bits per heavy atom. The Morgan fingerprint density at radius 1 is 1.37 bits per heavy atom. The third-order valence-corrected chi connectivity index (χ3v) is 4.88.